The minimum absolute atomic E-state index is 0.447. The van der Waals surface area contributed by atoms with Crippen molar-refractivity contribution in [3.05, 3.63) is 17.7 Å². The third-order valence-electron chi connectivity index (χ3n) is 2.66. The summed E-state index contributed by atoms with van der Waals surface area (Å²) < 4.78 is 7.80. The SMILES string of the molecule is Cc1nc(C(C)C)cn1COCCS(C)(C)C. The summed E-state index contributed by atoms with van der Waals surface area (Å²) in [6.07, 6.45) is 9.05. The first kappa shape index (κ1) is 14.6. The van der Waals surface area contributed by atoms with E-state index in [4.69, 9.17) is 4.74 Å². The van der Waals surface area contributed by atoms with E-state index in [9.17, 15) is 0 Å². The fourth-order valence-corrected chi connectivity index (χ4v) is 2.03. The second-order valence-corrected chi connectivity index (χ2v) is 10.3. The zero-order valence-corrected chi connectivity index (χ0v) is 12.8. The Hall–Kier alpha value is -0.480. The molecule has 4 heteroatoms. The van der Waals surface area contributed by atoms with Gasteiger partial charge in [-0.3, -0.25) is 0 Å². The van der Waals surface area contributed by atoms with Gasteiger partial charge in [0, 0.05) is 11.9 Å². The van der Waals surface area contributed by atoms with Crippen LogP contribution in [0, 0.1) is 6.92 Å². The van der Waals surface area contributed by atoms with Crippen LogP contribution in [0.2, 0.25) is 0 Å². The minimum atomic E-state index is -0.447. The monoisotopic (exact) mass is 258 g/mol. The molecule has 0 spiro atoms. The summed E-state index contributed by atoms with van der Waals surface area (Å²) in [6, 6.07) is 0. The van der Waals surface area contributed by atoms with Crippen molar-refractivity contribution in [2.24, 2.45) is 0 Å². The average Bonchev–Trinajstić information content (AvgIpc) is 2.54. The molecule has 0 fully saturated rings. The molecule has 0 N–H and O–H groups in total. The van der Waals surface area contributed by atoms with Gasteiger partial charge in [0.15, 0.2) is 0 Å². The maximum absolute atomic E-state index is 5.71. The highest BCUT2D eigenvalue weighted by Crippen LogP contribution is 2.33. The van der Waals surface area contributed by atoms with Crippen molar-refractivity contribution in [3.63, 3.8) is 0 Å². The van der Waals surface area contributed by atoms with Gasteiger partial charge in [0.1, 0.15) is 12.6 Å². The first-order chi connectivity index (χ1) is 7.79. The van der Waals surface area contributed by atoms with Crippen LogP contribution < -0.4 is 0 Å². The van der Waals surface area contributed by atoms with Gasteiger partial charge in [0.2, 0.25) is 0 Å². The summed E-state index contributed by atoms with van der Waals surface area (Å²) in [5.41, 5.74) is 1.15. The third kappa shape index (κ3) is 5.13. The molecule has 0 atom stereocenters. The Morgan fingerprint density at radius 1 is 1.35 bits per heavy atom. The largest absolute Gasteiger partial charge is 0.360 e. The van der Waals surface area contributed by atoms with E-state index in [1.807, 2.05) is 6.92 Å². The molecule has 0 radical (unpaired) electrons. The zero-order valence-electron chi connectivity index (χ0n) is 12.0. The van der Waals surface area contributed by atoms with Crippen molar-refractivity contribution >= 4 is 10.0 Å². The second kappa shape index (κ2) is 5.91. The van der Waals surface area contributed by atoms with Crippen LogP contribution in [0.15, 0.2) is 6.20 Å². The average molecular weight is 258 g/mol. The van der Waals surface area contributed by atoms with Crippen LogP contribution in [-0.4, -0.2) is 40.7 Å². The predicted octanol–water partition coefficient (Wildman–Crippen LogP) is 2.98. The smallest absolute Gasteiger partial charge is 0.124 e. The lowest BCUT2D eigenvalue weighted by Gasteiger charge is -2.24. The van der Waals surface area contributed by atoms with Gasteiger partial charge in [-0.15, -0.1) is 0 Å². The highest BCUT2D eigenvalue weighted by molar-refractivity contribution is 8.32. The maximum Gasteiger partial charge on any atom is 0.124 e. The Morgan fingerprint density at radius 2 is 2.00 bits per heavy atom. The molecule has 0 unspecified atom stereocenters. The van der Waals surface area contributed by atoms with Crippen LogP contribution in [-0.2, 0) is 11.5 Å². The topological polar surface area (TPSA) is 27.1 Å². The number of aromatic nitrogens is 2. The molecule has 0 amide bonds. The Labute approximate surface area is 107 Å². The second-order valence-electron chi connectivity index (χ2n) is 5.67. The Kier molecular flexibility index (Phi) is 5.07. The van der Waals surface area contributed by atoms with Gasteiger partial charge in [0.25, 0.3) is 0 Å². The highest BCUT2D eigenvalue weighted by Gasteiger charge is 2.08. The minimum Gasteiger partial charge on any atom is -0.360 e. The molecule has 0 aliphatic rings. The summed E-state index contributed by atoms with van der Waals surface area (Å²) in [4.78, 5) is 4.53. The fraction of sp³-hybridized carbons (Fsp3) is 0.769. The number of aryl methyl sites for hydroxylation is 1. The number of hydrogen-bond acceptors (Lipinski definition) is 2. The van der Waals surface area contributed by atoms with Gasteiger partial charge in [-0.05, 0) is 31.6 Å². The van der Waals surface area contributed by atoms with Gasteiger partial charge in [0.05, 0.1) is 12.3 Å². The molecule has 0 bridgehead atoms. The van der Waals surface area contributed by atoms with Gasteiger partial charge >= 0.3 is 0 Å². The molecule has 1 aromatic heterocycles. The van der Waals surface area contributed by atoms with Crippen molar-refractivity contribution in [2.45, 2.75) is 33.4 Å². The Balaban J connectivity index is 2.42. The zero-order chi connectivity index (χ0) is 13.1. The molecule has 0 aromatic carbocycles. The number of hydrogen-bond donors (Lipinski definition) is 0. The number of imidazole rings is 1. The summed E-state index contributed by atoms with van der Waals surface area (Å²) in [5, 5.41) is 0. The summed E-state index contributed by atoms with van der Waals surface area (Å²) in [5.74, 6) is 2.68. The lowest BCUT2D eigenvalue weighted by molar-refractivity contribution is 0.0881. The van der Waals surface area contributed by atoms with Gasteiger partial charge < -0.3 is 9.30 Å². The molecule has 0 aliphatic heterocycles. The summed E-state index contributed by atoms with van der Waals surface area (Å²) >= 11 is 0. The van der Waals surface area contributed by atoms with E-state index in [2.05, 4.69) is 48.4 Å². The lowest BCUT2D eigenvalue weighted by atomic mass is 10.2. The van der Waals surface area contributed by atoms with Crippen molar-refractivity contribution in [1.82, 2.24) is 9.55 Å². The fourth-order valence-electron chi connectivity index (χ4n) is 1.41. The summed E-state index contributed by atoms with van der Waals surface area (Å²) in [6.45, 7) is 7.82. The number of rotatable bonds is 6. The van der Waals surface area contributed by atoms with E-state index < -0.39 is 10.0 Å². The highest BCUT2D eigenvalue weighted by atomic mass is 32.3. The molecule has 100 valence electrons. The van der Waals surface area contributed by atoms with Gasteiger partial charge in [-0.2, -0.15) is 0 Å². The lowest BCUT2D eigenvalue weighted by Crippen LogP contribution is -2.10. The first-order valence-electron chi connectivity index (χ1n) is 6.07. The van der Waals surface area contributed by atoms with E-state index in [0.29, 0.717) is 12.6 Å². The molecule has 0 saturated carbocycles. The molecule has 17 heavy (non-hydrogen) atoms. The van der Waals surface area contributed by atoms with Crippen LogP contribution in [0.4, 0.5) is 0 Å². The first-order valence-corrected chi connectivity index (χ1v) is 9.09. The van der Waals surface area contributed by atoms with Crippen molar-refractivity contribution in [3.8, 4) is 0 Å². The standard InChI is InChI=1S/C13H26N2OS/c1-11(2)13-9-15(12(3)14-13)10-16-7-8-17(4,5)6/h9,11H,7-8,10H2,1-6H3. The van der Waals surface area contributed by atoms with E-state index >= 15 is 0 Å². The molecule has 1 heterocycles. The van der Waals surface area contributed by atoms with E-state index in [1.54, 1.807) is 0 Å². The van der Waals surface area contributed by atoms with E-state index in [0.717, 1.165) is 23.9 Å². The Morgan fingerprint density at radius 3 is 2.47 bits per heavy atom. The van der Waals surface area contributed by atoms with Crippen LogP contribution in [0.5, 0.6) is 0 Å². The number of nitrogens with zero attached hydrogens (tertiary/aromatic N) is 2. The van der Waals surface area contributed by atoms with Gasteiger partial charge in [-0.25, -0.2) is 15.0 Å². The van der Waals surface area contributed by atoms with Crippen molar-refractivity contribution in [1.29, 1.82) is 0 Å². The third-order valence-corrected chi connectivity index (χ3v) is 4.05. The van der Waals surface area contributed by atoms with Crippen LogP contribution in [0.3, 0.4) is 0 Å². The van der Waals surface area contributed by atoms with Crippen LogP contribution in [0.1, 0.15) is 31.3 Å². The van der Waals surface area contributed by atoms with Crippen molar-refractivity contribution in [2.75, 3.05) is 31.1 Å². The summed E-state index contributed by atoms with van der Waals surface area (Å²) in [7, 11) is -0.447. The van der Waals surface area contributed by atoms with E-state index in [-0.39, 0.29) is 0 Å². The van der Waals surface area contributed by atoms with Crippen molar-refractivity contribution < 1.29 is 4.74 Å². The van der Waals surface area contributed by atoms with Crippen LogP contribution >= 0.6 is 10.0 Å². The Bertz CT molecular complexity index is 353. The predicted molar refractivity (Wildman–Crippen MR) is 77.2 cm³/mol. The molecular formula is C13H26N2OS. The molecular weight excluding hydrogens is 232 g/mol. The normalized spacial score (nSPS) is 13.4. The van der Waals surface area contributed by atoms with Crippen LogP contribution in [0.25, 0.3) is 0 Å². The molecule has 0 saturated heterocycles. The number of ether oxygens (including phenoxy) is 1. The molecule has 1 aromatic rings. The van der Waals surface area contributed by atoms with E-state index in [1.165, 1.54) is 0 Å². The molecule has 0 aliphatic carbocycles. The quantitative estimate of drug-likeness (QED) is 0.734. The molecule has 3 nitrogen and oxygen atoms in total. The molecule has 1 rings (SSSR count). The van der Waals surface area contributed by atoms with Gasteiger partial charge in [-0.1, -0.05) is 13.8 Å². The maximum atomic E-state index is 5.71.